The second-order valence-corrected chi connectivity index (χ2v) is 12.5. The van der Waals surface area contributed by atoms with Crippen LogP contribution in [0.15, 0.2) is 70.0 Å². The van der Waals surface area contributed by atoms with Crippen molar-refractivity contribution in [3.8, 4) is 0 Å². The molecule has 236 valence electrons. The van der Waals surface area contributed by atoms with Gasteiger partial charge in [0.1, 0.15) is 0 Å². The minimum Gasteiger partial charge on any atom is -0.320 e. The van der Waals surface area contributed by atoms with Crippen molar-refractivity contribution in [1.29, 1.82) is 0 Å². The molecule has 1 atom stereocenters. The van der Waals surface area contributed by atoms with E-state index < -0.39 is 72.6 Å². The van der Waals surface area contributed by atoms with E-state index in [0.717, 1.165) is 18.9 Å². The van der Waals surface area contributed by atoms with Crippen molar-refractivity contribution < 1.29 is 48.9 Å². The van der Waals surface area contributed by atoms with Gasteiger partial charge in [-0.3, -0.25) is 13.8 Å². The Hall–Kier alpha value is -3.33. The zero-order valence-corrected chi connectivity index (χ0v) is 25.1. The lowest BCUT2D eigenvalue weighted by Crippen LogP contribution is -2.50. The molecule has 4 rings (SSSR count). The van der Waals surface area contributed by atoms with Gasteiger partial charge in [-0.05, 0) is 71.1 Å². The quantitative estimate of drug-likeness (QED) is 0.227. The Labute approximate surface area is 257 Å². The molecule has 2 amide bonds. The zero-order valence-electron chi connectivity index (χ0n) is 22.7. The topological polar surface area (TPSA) is 66.5 Å². The van der Waals surface area contributed by atoms with Crippen LogP contribution in [0.5, 0.6) is 0 Å². The van der Waals surface area contributed by atoms with E-state index in [1.54, 1.807) is 18.2 Å². The SMILES string of the molecule is CCS(=O)c1cc(C(F)(C(F)(F)F)C(F)(F)F)cc(Br)c1NC(=O)c1cccc(N(CC2CC2)C(=O)c2ccccc2)c1F. The van der Waals surface area contributed by atoms with Crippen LogP contribution in [-0.2, 0) is 16.5 Å². The highest BCUT2D eigenvalue weighted by molar-refractivity contribution is 9.10. The summed E-state index contributed by atoms with van der Waals surface area (Å²) < 4.78 is 123. The molecule has 0 aliphatic heterocycles. The second-order valence-electron chi connectivity index (χ2n) is 9.94. The number of anilines is 2. The first-order valence-electron chi connectivity index (χ1n) is 13.0. The van der Waals surface area contributed by atoms with E-state index in [2.05, 4.69) is 21.2 Å². The average Bonchev–Trinajstić information content (AvgIpc) is 3.79. The van der Waals surface area contributed by atoms with Crippen LogP contribution in [0.2, 0.25) is 0 Å². The molecule has 0 spiro atoms. The van der Waals surface area contributed by atoms with Crippen LogP contribution in [0.25, 0.3) is 0 Å². The molecule has 44 heavy (non-hydrogen) atoms. The van der Waals surface area contributed by atoms with Crippen molar-refractivity contribution in [2.24, 2.45) is 5.92 Å². The van der Waals surface area contributed by atoms with E-state index in [-0.39, 0.29) is 41.6 Å². The van der Waals surface area contributed by atoms with Crippen LogP contribution in [0.1, 0.15) is 46.0 Å². The third-order valence-corrected chi connectivity index (χ3v) is 8.86. The minimum absolute atomic E-state index is 0.108. The van der Waals surface area contributed by atoms with Gasteiger partial charge in [0.05, 0.1) is 32.6 Å². The lowest BCUT2D eigenvalue weighted by Gasteiger charge is -2.31. The fourth-order valence-corrected chi connectivity index (χ4v) is 6.04. The van der Waals surface area contributed by atoms with Crippen molar-refractivity contribution in [3.63, 3.8) is 0 Å². The summed E-state index contributed by atoms with van der Waals surface area (Å²) in [5.74, 6) is -3.10. The van der Waals surface area contributed by atoms with Crippen molar-refractivity contribution >= 4 is 49.9 Å². The van der Waals surface area contributed by atoms with Gasteiger partial charge < -0.3 is 10.2 Å². The molecule has 1 unspecified atom stereocenters. The highest BCUT2D eigenvalue weighted by Crippen LogP contribution is 2.54. The van der Waals surface area contributed by atoms with E-state index in [0.29, 0.717) is 0 Å². The number of rotatable bonds is 9. The van der Waals surface area contributed by atoms with Gasteiger partial charge in [0.25, 0.3) is 11.8 Å². The first-order chi connectivity index (χ1) is 20.5. The maximum Gasteiger partial charge on any atom is 0.435 e. The molecular formula is C29H23BrF8N2O3S. The highest BCUT2D eigenvalue weighted by Gasteiger charge is 2.73. The molecule has 1 aliphatic rings. The smallest absolute Gasteiger partial charge is 0.320 e. The summed E-state index contributed by atoms with van der Waals surface area (Å²) in [6.07, 6.45) is -11.3. The fraction of sp³-hybridized carbons (Fsp3) is 0.310. The summed E-state index contributed by atoms with van der Waals surface area (Å²) in [5, 5.41) is 2.18. The van der Waals surface area contributed by atoms with Crippen LogP contribution in [0.4, 0.5) is 46.5 Å². The largest absolute Gasteiger partial charge is 0.435 e. The van der Waals surface area contributed by atoms with E-state index in [9.17, 15) is 44.5 Å². The number of nitrogens with zero attached hydrogens (tertiary/aromatic N) is 1. The third-order valence-electron chi connectivity index (χ3n) is 6.90. The standard InChI is InChI=1S/C29H23BrF8N2O3S/c1-2-44(43)22-14-18(27(32,28(33,34)35)29(36,37)38)13-20(30)24(22)39-25(41)19-9-6-10-21(23(19)31)40(15-16-11-12-16)26(42)17-7-4-3-5-8-17/h3-10,13-14,16H,2,11-12,15H2,1H3,(H,39,41). The number of carbonyl (C=O) groups excluding carboxylic acids is 2. The average molecular weight is 711 g/mol. The van der Waals surface area contributed by atoms with Gasteiger partial charge in [-0.1, -0.05) is 31.2 Å². The Bertz CT molecular complexity index is 1580. The maximum atomic E-state index is 15.9. The predicted molar refractivity (Wildman–Crippen MR) is 151 cm³/mol. The van der Waals surface area contributed by atoms with Gasteiger partial charge in [-0.15, -0.1) is 0 Å². The highest BCUT2D eigenvalue weighted by atomic mass is 79.9. The number of carbonyl (C=O) groups is 2. The predicted octanol–water partition coefficient (Wildman–Crippen LogP) is 8.31. The van der Waals surface area contributed by atoms with Crippen molar-refractivity contribution in [1.82, 2.24) is 0 Å². The summed E-state index contributed by atoms with van der Waals surface area (Å²) in [6, 6.07) is 11.9. The number of benzene rings is 3. The Morgan fingerprint density at radius 3 is 2.11 bits per heavy atom. The number of amides is 2. The fourth-order valence-electron chi connectivity index (χ4n) is 4.40. The number of nitrogens with one attached hydrogen (secondary N) is 1. The number of hydrogen-bond acceptors (Lipinski definition) is 3. The van der Waals surface area contributed by atoms with Crippen LogP contribution < -0.4 is 10.2 Å². The van der Waals surface area contributed by atoms with Gasteiger partial charge in [-0.2, -0.15) is 26.3 Å². The second kappa shape index (κ2) is 12.6. The molecule has 0 heterocycles. The molecule has 5 nitrogen and oxygen atoms in total. The molecule has 0 radical (unpaired) electrons. The first kappa shape index (κ1) is 33.6. The Balaban J connectivity index is 1.76. The number of hydrogen-bond donors (Lipinski definition) is 1. The molecule has 0 bridgehead atoms. The van der Waals surface area contributed by atoms with Gasteiger partial charge in [-0.25, -0.2) is 8.78 Å². The van der Waals surface area contributed by atoms with Crippen molar-refractivity contribution in [2.75, 3.05) is 22.5 Å². The van der Waals surface area contributed by atoms with Crippen LogP contribution in [0, 0.1) is 11.7 Å². The van der Waals surface area contributed by atoms with Gasteiger partial charge in [0.15, 0.2) is 5.82 Å². The van der Waals surface area contributed by atoms with Gasteiger partial charge in [0, 0.05) is 27.9 Å². The first-order valence-corrected chi connectivity index (χ1v) is 15.1. The van der Waals surface area contributed by atoms with Gasteiger partial charge >= 0.3 is 18.0 Å². The van der Waals surface area contributed by atoms with Crippen LogP contribution >= 0.6 is 15.9 Å². The van der Waals surface area contributed by atoms with E-state index in [1.807, 2.05) is 0 Å². The summed E-state index contributed by atoms with van der Waals surface area (Å²) in [5.41, 5.74) is -8.89. The molecule has 1 N–H and O–H groups in total. The summed E-state index contributed by atoms with van der Waals surface area (Å²) in [6.45, 7) is 1.45. The summed E-state index contributed by atoms with van der Waals surface area (Å²) >= 11 is 2.76. The molecule has 0 aromatic heterocycles. The molecule has 0 saturated heterocycles. The minimum atomic E-state index is -6.44. The Morgan fingerprint density at radius 2 is 1.57 bits per heavy atom. The van der Waals surface area contributed by atoms with Crippen LogP contribution in [-0.4, -0.2) is 40.7 Å². The Morgan fingerprint density at radius 1 is 0.955 bits per heavy atom. The van der Waals surface area contributed by atoms with E-state index in [1.165, 1.54) is 36.1 Å². The number of alkyl halides is 7. The van der Waals surface area contributed by atoms with E-state index in [4.69, 9.17) is 0 Å². The lowest BCUT2D eigenvalue weighted by molar-refractivity contribution is -0.348. The molecule has 3 aromatic carbocycles. The summed E-state index contributed by atoms with van der Waals surface area (Å²) in [4.78, 5) is 27.0. The van der Waals surface area contributed by atoms with Gasteiger partial charge in [0.2, 0.25) is 0 Å². The van der Waals surface area contributed by atoms with Crippen molar-refractivity contribution in [3.05, 3.63) is 87.6 Å². The van der Waals surface area contributed by atoms with E-state index >= 15 is 4.39 Å². The summed E-state index contributed by atoms with van der Waals surface area (Å²) in [7, 11) is -2.32. The maximum absolute atomic E-state index is 15.9. The monoisotopic (exact) mass is 710 g/mol. The molecule has 1 saturated carbocycles. The van der Waals surface area contributed by atoms with Crippen LogP contribution in [0.3, 0.4) is 0 Å². The molecule has 3 aromatic rings. The zero-order chi connectivity index (χ0) is 32.6. The van der Waals surface area contributed by atoms with Crippen molar-refractivity contribution in [2.45, 2.75) is 42.7 Å². The molecule has 15 heteroatoms. The molecule has 1 fully saturated rings. The lowest BCUT2D eigenvalue weighted by atomic mass is 9.94. The Kier molecular flexibility index (Phi) is 9.60. The third kappa shape index (κ3) is 6.53. The number of halogens is 9. The molecular weight excluding hydrogens is 688 g/mol. The normalized spacial score (nSPS) is 14.7. The molecule has 1 aliphatic carbocycles.